The third kappa shape index (κ3) is 4.75. The minimum absolute atomic E-state index is 0.187. The molecule has 4 rings (SSSR count). The van der Waals surface area contributed by atoms with Gasteiger partial charge in [0.15, 0.2) is 11.6 Å². The van der Waals surface area contributed by atoms with Gasteiger partial charge in [0.05, 0.1) is 25.5 Å². The molecule has 0 atom stereocenters. The Labute approximate surface area is 175 Å². The third-order valence-corrected chi connectivity index (χ3v) is 4.89. The number of pyridine rings is 1. The van der Waals surface area contributed by atoms with Gasteiger partial charge in [0.2, 0.25) is 0 Å². The van der Waals surface area contributed by atoms with Gasteiger partial charge in [-0.3, -0.25) is 14.6 Å². The fraction of sp³-hybridized carbons (Fsp3) is 0.120. The average Bonchev–Trinajstić information content (AvgIpc) is 3.23. The quantitative estimate of drug-likeness (QED) is 0.328. The maximum absolute atomic E-state index is 12.8. The highest BCUT2D eigenvalue weighted by molar-refractivity contribution is 6.13. The lowest BCUT2D eigenvalue weighted by Crippen LogP contribution is -2.14. The van der Waals surface area contributed by atoms with Crippen LogP contribution in [0.5, 0.6) is 0 Å². The molecule has 0 aliphatic rings. The van der Waals surface area contributed by atoms with Crippen LogP contribution in [-0.2, 0) is 13.0 Å². The maximum atomic E-state index is 12.8. The standard InChI is InChI=1S/C25H21N3O2/c29-24(22-10-4-8-20(13-22)12-19-6-2-1-3-7-19)14-25(30)23-16-27-18-28(23)17-21-9-5-11-26-15-21/h1-11,13,15-16,18H,12,14,17H2. The summed E-state index contributed by atoms with van der Waals surface area (Å²) in [5.41, 5.74) is 4.16. The molecule has 0 spiro atoms. The molecule has 0 unspecified atom stereocenters. The number of nitrogens with zero attached hydrogens (tertiary/aromatic N) is 3. The van der Waals surface area contributed by atoms with Crippen LogP contribution in [0.3, 0.4) is 0 Å². The topological polar surface area (TPSA) is 64.8 Å². The van der Waals surface area contributed by atoms with Crippen LogP contribution >= 0.6 is 0 Å². The Bertz CT molecular complexity index is 1150. The number of hydrogen-bond acceptors (Lipinski definition) is 4. The van der Waals surface area contributed by atoms with Crippen molar-refractivity contribution in [2.75, 3.05) is 0 Å². The van der Waals surface area contributed by atoms with Crippen LogP contribution in [0.1, 0.15) is 44.0 Å². The van der Waals surface area contributed by atoms with Crippen LogP contribution in [0, 0.1) is 0 Å². The fourth-order valence-corrected chi connectivity index (χ4v) is 3.39. The van der Waals surface area contributed by atoms with Crippen molar-refractivity contribution in [2.45, 2.75) is 19.4 Å². The molecule has 0 amide bonds. The Morgan fingerprint density at radius 3 is 2.37 bits per heavy atom. The van der Waals surface area contributed by atoms with Gasteiger partial charge in [-0.2, -0.15) is 0 Å². The first-order chi connectivity index (χ1) is 14.7. The molecule has 148 valence electrons. The lowest BCUT2D eigenvalue weighted by molar-refractivity contribution is 0.0889. The summed E-state index contributed by atoms with van der Waals surface area (Å²) >= 11 is 0. The lowest BCUT2D eigenvalue weighted by atomic mass is 9.99. The van der Waals surface area contributed by atoms with Crippen LogP contribution in [0.25, 0.3) is 0 Å². The van der Waals surface area contributed by atoms with Crippen molar-refractivity contribution in [3.05, 3.63) is 120 Å². The van der Waals surface area contributed by atoms with Crippen LogP contribution in [0.15, 0.2) is 91.6 Å². The molecule has 5 nitrogen and oxygen atoms in total. The van der Waals surface area contributed by atoms with Gasteiger partial charge in [-0.1, -0.05) is 54.6 Å². The van der Waals surface area contributed by atoms with Gasteiger partial charge in [-0.25, -0.2) is 4.98 Å². The first kappa shape index (κ1) is 19.5. The molecule has 0 aliphatic heterocycles. The highest BCUT2D eigenvalue weighted by Gasteiger charge is 2.18. The summed E-state index contributed by atoms with van der Waals surface area (Å²) < 4.78 is 1.75. The molecule has 0 fully saturated rings. The number of hydrogen-bond donors (Lipinski definition) is 0. The van der Waals surface area contributed by atoms with Crippen molar-refractivity contribution in [3.63, 3.8) is 0 Å². The molecule has 2 heterocycles. The highest BCUT2D eigenvalue weighted by atomic mass is 16.1. The predicted octanol–water partition coefficient (Wildman–Crippen LogP) is 4.37. The van der Waals surface area contributed by atoms with Crippen molar-refractivity contribution < 1.29 is 9.59 Å². The van der Waals surface area contributed by atoms with Gasteiger partial charge < -0.3 is 4.57 Å². The zero-order chi connectivity index (χ0) is 20.8. The first-order valence-corrected chi connectivity index (χ1v) is 9.77. The van der Waals surface area contributed by atoms with Crippen molar-refractivity contribution in [3.8, 4) is 0 Å². The smallest absolute Gasteiger partial charge is 0.188 e. The lowest BCUT2D eigenvalue weighted by Gasteiger charge is -2.08. The number of rotatable bonds is 8. The predicted molar refractivity (Wildman–Crippen MR) is 115 cm³/mol. The monoisotopic (exact) mass is 395 g/mol. The third-order valence-electron chi connectivity index (χ3n) is 4.89. The van der Waals surface area contributed by atoms with Crippen molar-refractivity contribution in [1.82, 2.24) is 14.5 Å². The molecule has 0 radical (unpaired) electrons. The second-order valence-electron chi connectivity index (χ2n) is 7.15. The molecule has 0 N–H and O–H groups in total. The molecule has 4 aromatic rings. The van der Waals surface area contributed by atoms with E-state index in [1.165, 1.54) is 11.8 Å². The molecule has 30 heavy (non-hydrogen) atoms. The van der Waals surface area contributed by atoms with E-state index in [1.807, 2.05) is 48.5 Å². The molecule has 5 heteroatoms. The normalized spacial score (nSPS) is 10.7. The van der Waals surface area contributed by atoms with E-state index in [9.17, 15) is 9.59 Å². The van der Waals surface area contributed by atoms with E-state index in [-0.39, 0.29) is 18.0 Å². The second-order valence-corrected chi connectivity index (χ2v) is 7.15. The summed E-state index contributed by atoms with van der Waals surface area (Å²) in [6.45, 7) is 0.482. The number of benzene rings is 2. The van der Waals surface area contributed by atoms with E-state index >= 15 is 0 Å². The van der Waals surface area contributed by atoms with Crippen molar-refractivity contribution in [1.29, 1.82) is 0 Å². The Balaban J connectivity index is 1.45. The summed E-state index contributed by atoms with van der Waals surface area (Å²) in [6.07, 6.45) is 7.12. The van der Waals surface area contributed by atoms with Gasteiger partial charge >= 0.3 is 0 Å². The number of Topliss-reactive ketones (excluding diaryl/α,β-unsaturated/α-hetero) is 2. The van der Waals surface area contributed by atoms with Crippen molar-refractivity contribution in [2.24, 2.45) is 0 Å². The summed E-state index contributed by atoms with van der Waals surface area (Å²) in [5.74, 6) is -0.432. The Morgan fingerprint density at radius 1 is 0.767 bits per heavy atom. The van der Waals surface area contributed by atoms with E-state index in [0.717, 1.165) is 17.5 Å². The van der Waals surface area contributed by atoms with Gasteiger partial charge in [0, 0.05) is 18.0 Å². The Kier molecular flexibility index (Phi) is 5.90. The van der Waals surface area contributed by atoms with Crippen LogP contribution in [-0.4, -0.2) is 26.1 Å². The van der Waals surface area contributed by atoms with Gasteiger partial charge in [0.25, 0.3) is 0 Å². The number of ketones is 2. The van der Waals surface area contributed by atoms with E-state index in [2.05, 4.69) is 22.1 Å². The summed E-state index contributed by atoms with van der Waals surface area (Å²) in [4.78, 5) is 33.7. The Morgan fingerprint density at radius 2 is 1.57 bits per heavy atom. The molecular formula is C25H21N3O2. The molecule has 2 aromatic carbocycles. The maximum Gasteiger partial charge on any atom is 0.188 e. The second kappa shape index (κ2) is 9.09. The fourth-order valence-electron chi connectivity index (χ4n) is 3.39. The van der Waals surface area contributed by atoms with Gasteiger partial charge in [-0.05, 0) is 35.2 Å². The zero-order valence-electron chi connectivity index (χ0n) is 16.4. The molecule has 2 aromatic heterocycles. The number of aromatic nitrogens is 3. The Hall–Kier alpha value is -3.86. The van der Waals surface area contributed by atoms with Crippen LogP contribution in [0.4, 0.5) is 0 Å². The number of imidazole rings is 1. The van der Waals surface area contributed by atoms with E-state index in [1.54, 1.807) is 29.4 Å². The van der Waals surface area contributed by atoms with E-state index in [0.29, 0.717) is 17.8 Å². The molecule has 0 bridgehead atoms. The SMILES string of the molecule is O=C(CC(=O)c1cncn1Cc1cccnc1)c1cccc(Cc2ccccc2)c1. The molecule has 0 saturated heterocycles. The summed E-state index contributed by atoms with van der Waals surface area (Å²) in [5, 5.41) is 0. The van der Waals surface area contributed by atoms with E-state index in [4.69, 9.17) is 0 Å². The zero-order valence-corrected chi connectivity index (χ0v) is 16.4. The molecular weight excluding hydrogens is 374 g/mol. The molecule has 0 aliphatic carbocycles. The van der Waals surface area contributed by atoms with E-state index < -0.39 is 0 Å². The van der Waals surface area contributed by atoms with Gasteiger partial charge in [0.1, 0.15) is 5.69 Å². The number of carbonyl (C=O) groups is 2. The summed E-state index contributed by atoms with van der Waals surface area (Å²) in [7, 11) is 0. The first-order valence-electron chi connectivity index (χ1n) is 9.77. The highest BCUT2D eigenvalue weighted by Crippen LogP contribution is 2.15. The largest absolute Gasteiger partial charge is 0.324 e. The number of carbonyl (C=O) groups excluding carboxylic acids is 2. The van der Waals surface area contributed by atoms with Crippen LogP contribution < -0.4 is 0 Å². The minimum atomic E-state index is -0.241. The van der Waals surface area contributed by atoms with Crippen LogP contribution in [0.2, 0.25) is 0 Å². The molecule has 0 saturated carbocycles. The summed E-state index contributed by atoms with van der Waals surface area (Å²) in [6, 6.07) is 21.4. The van der Waals surface area contributed by atoms with Crippen molar-refractivity contribution >= 4 is 11.6 Å². The van der Waals surface area contributed by atoms with Gasteiger partial charge in [-0.15, -0.1) is 0 Å². The minimum Gasteiger partial charge on any atom is -0.324 e. The average molecular weight is 395 g/mol.